The molecule has 17 heavy (non-hydrogen) atoms. The minimum atomic E-state index is 0.426. The van der Waals surface area contributed by atoms with Gasteiger partial charge in [-0.05, 0) is 33.7 Å². The van der Waals surface area contributed by atoms with Crippen LogP contribution in [0, 0.1) is 13.8 Å². The van der Waals surface area contributed by atoms with Gasteiger partial charge in [0, 0.05) is 12.1 Å². The van der Waals surface area contributed by atoms with Crippen molar-refractivity contribution in [2.45, 2.75) is 51.6 Å². The molecule has 0 aromatic carbocycles. The fourth-order valence-corrected chi connectivity index (χ4v) is 2.50. The van der Waals surface area contributed by atoms with Crippen molar-refractivity contribution in [1.82, 2.24) is 20.3 Å². The van der Waals surface area contributed by atoms with Gasteiger partial charge in [-0.2, -0.15) is 9.97 Å². The standard InChI is InChI=1S/C12H21N5/c1-8-14-9(2)16-12(15-8)17-11-7-5-4-6-10(11)13-3/h10-11,13H,4-7H2,1-3H3,(H,14,15,16,17). The van der Waals surface area contributed by atoms with Crippen molar-refractivity contribution in [2.75, 3.05) is 12.4 Å². The summed E-state index contributed by atoms with van der Waals surface area (Å²) in [4.78, 5) is 12.9. The second-order valence-electron chi connectivity index (χ2n) is 4.68. The molecular weight excluding hydrogens is 214 g/mol. The van der Waals surface area contributed by atoms with Gasteiger partial charge in [-0.3, -0.25) is 0 Å². The van der Waals surface area contributed by atoms with E-state index in [2.05, 4.69) is 25.6 Å². The fourth-order valence-electron chi connectivity index (χ4n) is 2.50. The zero-order chi connectivity index (χ0) is 12.3. The van der Waals surface area contributed by atoms with Crippen molar-refractivity contribution >= 4 is 5.95 Å². The Morgan fingerprint density at radius 2 is 1.53 bits per heavy atom. The highest BCUT2D eigenvalue weighted by molar-refractivity contribution is 5.27. The Bertz CT molecular complexity index is 359. The van der Waals surface area contributed by atoms with Gasteiger partial charge in [-0.25, -0.2) is 4.98 Å². The highest BCUT2D eigenvalue weighted by Gasteiger charge is 2.24. The van der Waals surface area contributed by atoms with E-state index in [-0.39, 0.29) is 0 Å². The summed E-state index contributed by atoms with van der Waals surface area (Å²) >= 11 is 0. The molecule has 94 valence electrons. The molecule has 2 N–H and O–H groups in total. The van der Waals surface area contributed by atoms with Crippen LogP contribution in [-0.2, 0) is 0 Å². The minimum Gasteiger partial charge on any atom is -0.350 e. The van der Waals surface area contributed by atoms with Crippen LogP contribution in [0.15, 0.2) is 0 Å². The Balaban J connectivity index is 2.08. The second kappa shape index (κ2) is 5.40. The van der Waals surface area contributed by atoms with E-state index < -0.39 is 0 Å². The van der Waals surface area contributed by atoms with Crippen LogP contribution in [-0.4, -0.2) is 34.1 Å². The molecule has 1 saturated carbocycles. The topological polar surface area (TPSA) is 62.7 Å². The highest BCUT2D eigenvalue weighted by atomic mass is 15.2. The molecule has 0 aliphatic heterocycles. The maximum atomic E-state index is 4.34. The summed E-state index contributed by atoms with van der Waals surface area (Å²) in [6.07, 6.45) is 4.98. The molecule has 0 amide bonds. The van der Waals surface area contributed by atoms with E-state index in [4.69, 9.17) is 0 Å². The fraction of sp³-hybridized carbons (Fsp3) is 0.750. The SMILES string of the molecule is CNC1CCCCC1Nc1nc(C)nc(C)n1. The van der Waals surface area contributed by atoms with Crippen molar-refractivity contribution < 1.29 is 0 Å². The summed E-state index contributed by atoms with van der Waals surface area (Å²) in [6.45, 7) is 3.80. The second-order valence-corrected chi connectivity index (χ2v) is 4.68. The summed E-state index contributed by atoms with van der Waals surface area (Å²) in [5.74, 6) is 2.26. The summed E-state index contributed by atoms with van der Waals surface area (Å²) < 4.78 is 0. The van der Waals surface area contributed by atoms with Crippen molar-refractivity contribution in [2.24, 2.45) is 0 Å². The number of anilines is 1. The van der Waals surface area contributed by atoms with Gasteiger partial charge in [-0.1, -0.05) is 12.8 Å². The van der Waals surface area contributed by atoms with E-state index in [9.17, 15) is 0 Å². The van der Waals surface area contributed by atoms with Crippen LogP contribution in [0.4, 0.5) is 5.95 Å². The molecule has 5 nitrogen and oxygen atoms in total. The van der Waals surface area contributed by atoms with Crippen molar-refractivity contribution in [3.05, 3.63) is 11.6 Å². The smallest absolute Gasteiger partial charge is 0.226 e. The molecule has 1 aromatic rings. The molecule has 2 atom stereocenters. The molecule has 1 fully saturated rings. The first-order valence-corrected chi connectivity index (χ1v) is 6.32. The number of nitrogens with zero attached hydrogens (tertiary/aromatic N) is 3. The van der Waals surface area contributed by atoms with Gasteiger partial charge >= 0.3 is 0 Å². The average molecular weight is 235 g/mol. The van der Waals surface area contributed by atoms with Crippen LogP contribution in [0.3, 0.4) is 0 Å². The van der Waals surface area contributed by atoms with Gasteiger partial charge in [0.1, 0.15) is 11.6 Å². The number of nitrogens with one attached hydrogen (secondary N) is 2. The highest BCUT2D eigenvalue weighted by Crippen LogP contribution is 2.20. The number of aromatic nitrogens is 3. The van der Waals surface area contributed by atoms with Gasteiger partial charge in [0.05, 0.1) is 0 Å². The predicted octanol–water partition coefficient (Wildman–Crippen LogP) is 1.43. The Labute approximate surface area is 102 Å². The summed E-state index contributed by atoms with van der Waals surface area (Å²) in [6, 6.07) is 0.941. The minimum absolute atomic E-state index is 0.426. The van der Waals surface area contributed by atoms with Gasteiger partial charge < -0.3 is 10.6 Å². The molecular formula is C12H21N5. The Hall–Kier alpha value is -1.23. The summed E-state index contributed by atoms with van der Waals surface area (Å²) in [5, 5.41) is 6.81. The normalized spacial score (nSPS) is 24.6. The Morgan fingerprint density at radius 1 is 0.941 bits per heavy atom. The van der Waals surface area contributed by atoms with Crippen LogP contribution in [0.1, 0.15) is 37.3 Å². The lowest BCUT2D eigenvalue weighted by atomic mass is 9.90. The van der Waals surface area contributed by atoms with E-state index >= 15 is 0 Å². The number of hydrogen-bond acceptors (Lipinski definition) is 5. The maximum absolute atomic E-state index is 4.34. The van der Waals surface area contributed by atoms with Crippen LogP contribution in [0.25, 0.3) is 0 Å². The number of rotatable bonds is 3. The van der Waals surface area contributed by atoms with Crippen LogP contribution >= 0.6 is 0 Å². The third kappa shape index (κ3) is 3.12. The molecule has 2 rings (SSSR count). The Kier molecular flexibility index (Phi) is 3.89. The third-order valence-electron chi connectivity index (χ3n) is 3.31. The molecule has 2 unspecified atom stereocenters. The number of aryl methyl sites for hydroxylation is 2. The van der Waals surface area contributed by atoms with Gasteiger partial charge in [0.15, 0.2) is 0 Å². The lowest BCUT2D eigenvalue weighted by Gasteiger charge is -2.31. The first-order chi connectivity index (χ1) is 8.19. The summed E-state index contributed by atoms with van der Waals surface area (Å²) in [7, 11) is 2.02. The first kappa shape index (κ1) is 12.2. The first-order valence-electron chi connectivity index (χ1n) is 6.32. The number of hydrogen-bond donors (Lipinski definition) is 2. The lowest BCUT2D eigenvalue weighted by molar-refractivity contribution is 0.360. The zero-order valence-corrected chi connectivity index (χ0v) is 10.8. The molecule has 1 aliphatic carbocycles. The summed E-state index contributed by atoms with van der Waals surface area (Å²) in [5.41, 5.74) is 0. The van der Waals surface area contributed by atoms with E-state index in [0.717, 1.165) is 11.6 Å². The molecule has 1 heterocycles. The quantitative estimate of drug-likeness (QED) is 0.830. The molecule has 1 aliphatic rings. The Morgan fingerprint density at radius 3 is 2.12 bits per heavy atom. The molecule has 0 bridgehead atoms. The van der Waals surface area contributed by atoms with E-state index in [0.29, 0.717) is 18.0 Å². The predicted molar refractivity (Wildman–Crippen MR) is 68.0 cm³/mol. The van der Waals surface area contributed by atoms with Crippen molar-refractivity contribution in [1.29, 1.82) is 0 Å². The van der Waals surface area contributed by atoms with Crippen LogP contribution in [0.5, 0.6) is 0 Å². The van der Waals surface area contributed by atoms with E-state index in [1.165, 1.54) is 25.7 Å². The largest absolute Gasteiger partial charge is 0.350 e. The molecule has 1 aromatic heterocycles. The third-order valence-corrected chi connectivity index (χ3v) is 3.31. The zero-order valence-electron chi connectivity index (χ0n) is 10.8. The van der Waals surface area contributed by atoms with Gasteiger partial charge in [-0.15, -0.1) is 0 Å². The van der Waals surface area contributed by atoms with Crippen molar-refractivity contribution in [3.63, 3.8) is 0 Å². The molecule has 0 saturated heterocycles. The van der Waals surface area contributed by atoms with Crippen molar-refractivity contribution in [3.8, 4) is 0 Å². The monoisotopic (exact) mass is 235 g/mol. The van der Waals surface area contributed by atoms with E-state index in [1.54, 1.807) is 0 Å². The maximum Gasteiger partial charge on any atom is 0.226 e. The lowest BCUT2D eigenvalue weighted by Crippen LogP contribution is -2.45. The van der Waals surface area contributed by atoms with Crippen LogP contribution in [0.2, 0.25) is 0 Å². The molecule has 0 spiro atoms. The van der Waals surface area contributed by atoms with Crippen LogP contribution < -0.4 is 10.6 Å². The average Bonchev–Trinajstić information content (AvgIpc) is 2.28. The number of likely N-dealkylation sites (N-methyl/N-ethyl adjacent to an activating group) is 1. The van der Waals surface area contributed by atoms with Gasteiger partial charge in [0.2, 0.25) is 5.95 Å². The van der Waals surface area contributed by atoms with Gasteiger partial charge in [0.25, 0.3) is 0 Å². The molecule has 5 heteroatoms. The van der Waals surface area contributed by atoms with E-state index in [1.807, 2.05) is 20.9 Å². The molecule has 0 radical (unpaired) electrons.